The fraction of sp³-hybridized carbons (Fsp3) is 0.286. The number of hydrogen-bond acceptors (Lipinski definition) is 4. The number of carbonyl (C=O) groups excluding carboxylic acids is 1. The molecule has 5 heteroatoms. The molecule has 2 rings (SSSR count). The van der Waals surface area contributed by atoms with E-state index < -0.39 is 0 Å². The summed E-state index contributed by atoms with van der Waals surface area (Å²) in [4.78, 5) is 12.1. The van der Waals surface area contributed by atoms with Gasteiger partial charge in [-0.05, 0) is 44.5 Å². The lowest BCUT2D eigenvalue weighted by Crippen LogP contribution is -2.24. The number of hydrogen-bond donors (Lipinski definition) is 2. The highest BCUT2D eigenvalue weighted by Crippen LogP contribution is 2.14. The Labute approximate surface area is 111 Å². The third kappa shape index (κ3) is 2.76. The van der Waals surface area contributed by atoms with Crippen molar-refractivity contribution in [1.82, 2.24) is 10.5 Å². The van der Waals surface area contributed by atoms with Crippen molar-refractivity contribution in [2.45, 2.75) is 27.3 Å². The van der Waals surface area contributed by atoms with Gasteiger partial charge in [-0.15, -0.1) is 0 Å². The molecule has 3 N–H and O–H groups in total. The molecule has 100 valence electrons. The Morgan fingerprint density at radius 1 is 1.37 bits per heavy atom. The van der Waals surface area contributed by atoms with Crippen LogP contribution in [0.4, 0.5) is 5.69 Å². The molecule has 0 fully saturated rings. The fourth-order valence-electron chi connectivity index (χ4n) is 1.96. The van der Waals surface area contributed by atoms with Crippen molar-refractivity contribution >= 4 is 11.6 Å². The highest BCUT2D eigenvalue weighted by Gasteiger charge is 2.12. The molecule has 0 saturated heterocycles. The number of amides is 1. The van der Waals surface area contributed by atoms with Crippen molar-refractivity contribution in [2.24, 2.45) is 0 Å². The monoisotopic (exact) mass is 259 g/mol. The van der Waals surface area contributed by atoms with Crippen LogP contribution in [0.3, 0.4) is 0 Å². The summed E-state index contributed by atoms with van der Waals surface area (Å²) in [7, 11) is 0. The number of nitrogens with two attached hydrogens (primary N) is 1. The molecule has 0 aliphatic rings. The Kier molecular flexibility index (Phi) is 3.55. The van der Waals surface area contributed by atoms with Gasteiger partial charge < -0.3 is 15.6 Å². The van der Waals surface area contributed by atoms with E-state index in [1.807, 2.05) is 20.8 Å². The molecule has 0 aliphatic heterocycles. The van der Waals surface area contributed by atoms with E-state index in [0.29, 0.717) is 17.8 Å². The molecule has 1 heterocycles. The maximum absolute atomic E-state index is 12.1. The van der Waals surface area contributed by atoms with E-state index in [1.54, 1.807) is 18.2 Å². The van der Waals surface area contributed by atoms with Crippen molar-refractivity contribution in [1.29, 1.82) is 0 Å². The van der Waals surface area contributed by atoms with E-state index >= 15 is 0 Å². The Balaban J connectivity index is 2.10. The molecule has 19 heavy (non-hydrogen) atoms. The van der Waals surface area contributed by atoms with Gasteiger partial charge in [0, 0.05) is 23.4 Å². The molecule has 5 nitrogen and oxygen atoms in total. The van der Waals surface area contributed by atoms with E-state index in [2.05, 4.69) is 10.5 Å². The number of carbonyl (C=O) groups is 1. The molecule has 0 spiro atoms. The first-order valence-electron chi connectivity index (χ1n) is 6.05. The predicted octanol–water partition coefficient (Wildman–Crippen LogP) is 2.11. The van der Waals surface area contributed by atoms with Crippen molar-refractivity contribution in [3.63, 3.8) is 0 Å². The fourth-order valence-corrected chi connectivity index (χ4v) is 1.96. The van der Waals surface area contributed by atoms with E-state index in [-0.39, 0.29) is 5.91 Å². The minimum absolute atomic E-state index is 0.127. The van der Waals surface area contributed by atoms with Gasteiger partial charge in [0.1, 0.15) is 5.76 Å². The molecule has 1 amide bonds. The van der Waals surface area contributed by atoms with Gasteiger partial charge in [0.2, 0.25) is 0 Å². The zero-order chi connectivity index (χ0) is 14.0. The van der Waals surface area contributed by atoms with E-state index in [9.17, 15) is 4.79 Å². The number of benzene rings is 1. The summed E-state index contributed by atoms with van der Waals surface area (Å²) in [6.07, 6.45) is 0. The van der Waals surface area contributed by atoms with Crippen LogP contribution in [0, 0.1) is 20.8 Å². The zero-order valence-electron chi connectivity index (χ0n) is 11.3. The second kappa shape index (κ2) is 5.14. The molecule has 0 bridgehead atoms. The van der Waals surface area contributed by atoms with Crippen LogP contribution < -0.4 is 11.1 Å². The third-order valence-electron chi connectivity index (χ3n) is 3.10. The number of nitrogens with zero attached hydrogens (tertiary/aromatic N) is 1. The first kappa shape index (κ1) is 13.1. The molecular formula is C14H17N3O2. The second-order valence-electron chi connectivity index (χ2n) is 4.56. The average molecular weight is 259 g/mol. The number of anilines is 1. The summed E-state index contributed by atoms with van der Waals surface area (Å²) in [5.41, 5.74) is 9.52. The van der Waals surface area contributed by atoms with Crippen LogP contribution in [0.1, 0.15) is 32.9 Å². The summed E-state index contributed by atoms with van der Waals surface area (Å²) >= 11 is 0. The summed E-state index contributed by atoms with van der Waals surface area (Å²) in [6, 6.07) is 5.23. The topological polar surface area (TPSA) is 81.2 Å². The number of rotatable bonds is 3. The normalized spacial score (nSPS) is 10.5. The van der Waals surface area contributed by atoms with Crippen molar-refractivity contribution in [3.8, 4) is 0 Å². The molecule has 1 aromatic carbocycles. The molecule has 0 radical (unpaired) electrons. The number of nitrogens with one attached hydrogen (secondary N) is 1. The second-order valence-corrected chi connectivity index (χ2v) is 4.56. The zero-order valence-corrected chi connectivity index (χ0v) is 11.3. The summed E-state index contributed by atoms with van der Waals surface area (Å²) < 4.78 is 5.05. The minimum Gasteiger partial charge on any atom is -0.399 e. The van der Waals surface area contributed by atoms with Crippen molar-refractivity contribution < 1.29 is 9.32 Å². The van der Waals surface area contributed by atoms with Gasteiger partial charge in [-0.25, -0.2) is 0 Å². The van der Waals surface area contributed by atoms with Gasteiger partial charge >= 0.3 is 0 Å². The Morgan fingerprint density at radius 2 is 2.11 bits per heavy atom. The Hall–Kier alpha value is -2.30. The van der Waals surface area contributed by atoms with Gasteiger partial charge in [-0.1, -0.05) is 5.16 Å². The quantitative estimate of drug-likeness (QED) is 0.827. The third-order valence-corrected chi connectivity index (χ3v) is 3.10. The van der Waals surface area contributed by atoms with Gasteiger partial charge in [0.15, 0.2) is 0 Å². The van der Waals surface area contributed by atoms with Crippen molar-refractivity contribution in [3.05, 3.63) is 46.3 Å². The Bertz CT molecular complexity index is 598. The lowest BCUT2D eigenvalue weighted by Gasteiger charge is -2.08. The maximum atomic E-state index is 12.1. The summed E-state index contributed by atoms with van der Waals surface area (Å²) in [6.45, 7) is 5.95. The average Bonchev–Trinajstić information content (AvgIpc) is 2.66. The molecule has 0 unspecified atom stereocenters. The summed E-state index contributed by atoms with van der Waals surface area (Å²) in [5.74, 6) is 0.601. The lowest BCUT2D eigenvalue weighted by molar-refractivity contribution is 0.0950. The minimum atomic E-state index is -0.127. The Morgan fingerprint density at radius 3 is 2.68 bits per heavy atom. The maximum Gasteiger partial charge on any atom is 0.251 e. The van der Waals surface area contributed by atoms with Crippen LogP contribution in [0.15, 0.2) is 22.7 Å². The predicted molar refractivity (Wildman–Crippen MR) is 72.7 cm³/mol. The first-order chi connectivity index (χ1) is 8.99. The molecule has 0 atom stereocenters. The van der Waals surface area contributed by atoms with Crippen LogP contribution in [0.5, 0.6) is 0 Å². The van der Waals surface area contributed by atoms with Gasteiger partial charge in [-0.2, -0.15) is 0 Å². The molecule has 2 aromatic rings. The highest BCUT2D eigenvalue weighted by atomic mass is 16.5. The van der Waals surface area contributed by atoms with E-state index in [1.165, 1.54) is 0 Å². The SMILES string of the molecule is Cc1cc(N)ccc1C(=O)NCc1c(C)noc1C. The molecule has 0 saturated carbocycles. The van der Waals surface area contributed by atoms with Gasteiger partial charge in [-0.3, -0.25) is 4.79 Å². The van der Waals surface area contributed by atoms with Gasteiger partial charge in [0.05, 0.1) is 5.69 Å². The van der Waals surface area contributed by atoms with Crippen LogP contribution >= 0.6 is 0 Å². The van der Waals surface area contributed by atoms with E-state index in [4.69, 9.17) is 10.3 Å². The number of nitrogen functional groups attached to an aromatic ring is 1. The largest absolute Gasteiger partial charge is 0.399 e. The molecular weight excluding hydrogens is 242 g/mol. The number of aromatic nitrogens is 1. The van der Waals surface area contributed by atoms with Crippen LogP contribution in [-0.4, -0.2) is 11.1 Å². The summed E-state index contributed by atoms with van der Waals surface area (Å²) in [5, 5.41) is 6.72. The standard InChI is InChI=1S/C14H17N3O2/c1-8-6-11(15)4-5-12(8)14(18)16-7-13-9(2)17-19-10(13)3/h4-6H,7,15H2,1-3H3,(H,16,18). The van der Waals surface area contributed by atoms with Gasteiger partial charge in [0.25, 0.3) is 5.91 Å². The molecule has 0 aliphatic carbocycles. The number of aryl methyl sites for hydroxylation is 3. The smallest absolute Gasteiger partial charge is 0.251 e. The first-order valence-corrected chi connectivity index (χ1v) is 6.05. The van der Waals surface area contributed by atoms with Crippen LogP contribution in [-0.2, 0) is 6.54 Å². The molecule has 1 aromatic heterocycles. The van der Waals surface area contributed by atoms with Crippen LogP contribution in [0.2, 0.25) is 0 Å². The van der Waals surface area contributed by atoms with Crippen molar-refractivity contribution in [2.75, 3.05) is 5.73 Å². The highest BCUT2D eigenvalue weighted by molar-refractivity contribution is 5.95. The van der Waals surface area contributed by atoms with E-state index in [0.717, 1.165) is 22.6 Å². The van der Waals surface area contributed by atoms with Crippen LogP contribution in [0.25, 0.3) is 0 Å². The lowest BCUT2D eigenvalue weighted by atomic mass is 10.1.